The van der Waals surface area contributed by atoms with Crippen LogP contribution >= 0.6 is 0 Å². The molecular weight excluding hydrogens is 235 g/mol. The van der Waals surface area contributed by atoms with E-state index in [1.807, 2.05) is 30.3 Å². The SMILES string of the molecule is N[C@H]1CCN(C(=O)OCc2ccccc2)C[C@H]1F. The number of alkyl halides is 1. The van der Waals surface area contributed by atoms with Crippen LogP contribution in [0.1, 0.15) is 12.0 Å². The summed E-state index contributed by atoms with van der Waals surface area (Å²) in [5, 5.41) is 0. The standard InChI is InChI=1S/C13H17FN2O2/c14-11-8-16(7-6-12(11)15)13(17)18-9-10-4-2-1-3-5-10/h1-5,11-12H,6-9,15H2/t11-,12+/m1/s1. The predicted molar refractivity (Wildman–Crippen MR) is 65.7 cm³/mol. The van der Waals surface area contributed by atoms with Crippen LogP contribution in [0.2, 0.25) is 0 Å². The highest BCUT2D eigenvalue weighted by Gasteiger charge is 2.29. The van der Waals surface area contributed by atoms with Gasteiger partial charge < -0.3 is 15.4 Å². The Bertz CT molecular complexity index is 399. The van der Waals surface area contributed by atoms with E-state index in [-0.39, 0.29) is 13.2 Å². The van der Waals surface area contributed by atoms with E-state index in [1.165, 1.54) is 4.90 Å². The van der Waals surface area contributed by atoms with E-state index in [2.05, 4.69) is 0 Å². The van der Waals surface area contributed by atoms with Crippen molar-refractivity contribution in [3.63, 3.8) is 0 Å². The van der Waals surface area contributed by atoms with Crippen LogP contribution in [-0.4, -0.2) is 36.3 Å². The van der Waals surface area contributed by atoms with Crippen LogP contribution in [0.4, 0.5) is 9.18 Å². The van der Waals surface area contributed by atoms with Gasteiger partial charge in [-0.2, -0.15) is 0 Å². The molecule has 4 nitrogen and oxygen atoms in total. The zero-order valence-electron chi connectivity index (χ0n) is 10.1. The number of likely N-dealkylation sites (tertiary alicyclic amines) is 1. The summed E-state index contributed by atoms with van der Waals surface area (Å²) in [6.07, 6.45) is -1.17. The number of hydrogen-bond donors (Lipinski definition) is 1. The van der Waals surface area contributed by atoms with Crippen molar-refractivity contribution >= 4 is 6.09 Å². The monoisotopic (exact) mass is 252 g/mol. The van der Waals surface area contributed by atoms with Gasteiger partial charge in [0, 0.05) is 12.6 Å². The molecule has 0 unspecified atom stereocenters. The highest BCUT2D eigenvalue weighted by atomic mass is 19.1. The van der Waals surface area contributed by atoms with Gasteiger partial charge in [0.2, 0.25) is 0 Å². The molecule has 0 aromatic heterocycles. The lowest BCUT2D eigenvalue weighted by atomic mass is 10.1. The molecule has 1 heterocycles. The lowest BCUT2D eigenvalue weighted by Crippen LogP contribution is -2.50. The molecule has 1 aliphatic rings. The summed E-state index contributed by atoms with van der Waals surface area (Å²) in [6.45, 7) is 0.684. The number of hydrogen-bond acceptors (Lipinski definition) is 3. The third kappa shape index (κ3) is 3.20. The third-order valence-electron chi connectivity index (χ3n) is 3.06. The molecular formula is C13H17FN2O2. The number of nitrogens with zero attached hydrogens (tertiary/aromatic N) is 1. The van der Waals surface area contributed by atoms with Crippen LogP contribution < -0.4 is 5.73 Å². The summed E-state index contributed by atoms with van der Waals surface area (Å²) in [6, 6.07) is 8.92. The zero-order valence-corrected chi connectivity index (χ0v) is 10.1. The molecule has 0 radical (unpaired) electrons. The second-order valence-corrected chi connectivity index (χ2v) is 4.45. The Labute approximate surface area is 106 Å². The Morgan fingerprint density at radius 2 is 2.17 bits per heavy atom. The second kappa shape index (κ2) is 5.82. The van der Waals surface area contributed by atoms with E-state index >= 15 is 0 Å². The first kappa shape index (κ1) is 12.8. The maximum absolute atomic E-state index is 13.4. The number of piperidine rings is 1. The van der Waals surface area contributed by atoms with E-state index < -0.39 is 18.3 Å². The Kier molecular flexibility index (Phi) is 4.15. The molecule has 98 valence electrons. The number of halogens is 1. The van der Waals surface area contributed by atoms with E-state index in [0.29, 0.717) is 13.0 Å². The van der Waals surface area contributed by atoms with E-state index in [9.17, 15) is 9.18 Å². The van der Waals surface area contributed by atoms with Crippen molar-refractivity contribution in [3.8, 4) is 0 Å². The number of amides is 1. The largest absolute Gasteiger partial charge is 0.445 e. The van der Waals surface area contributed by atoms with Crippen molar-refractivity contribution in [2.45, 2.75) is 25.2 Å². The van der Waals surface area contributed by atoms with Gasteiger partial charge in [0.05, 0.1) is 6.54 Å². The average Bonchev–Trinajstić information content (AvgIpc) is 2.40. The molecule has 0 saturated carbocycles. The van der Waals surface area contributed by atoms with Crippen molar-refractivity contribution in [2.75, 3.05) is 13.1 Å². The maximum atomic E-state index is 13.4. The molecule has 2 N–H and O–H groups in total. The molecule has 0 spiro atoms. The fraction of sp³-hybridized carbons (Fsp3) is 0.462. The van der Waals surface area contributed by atoms with Gasteiger partial charge in [-0.15, -0.1) is 0 Å². The van der Waals surface area contributed by atoms with E-state index in [0.717, 1.165) is 5.56 Å². The fourth-order valence-corrected chi connectivity index (χ4v) is 1.90. The highest BCUT2D eigenvalue weighted by Crippen LogP contribution is 2.14. The molecule has 0 bridgehead atoms. The molecule has 2 atom stereocenters. The van der Waals surface area contributed by atoms with Gasteiger partial charge in [-0.1, -0.05) is 30.3 Å². The Hall–Kier alpha value is -1.62. The summed E-state index contributed by atoms with van der Waals surface area (Å²) in [5.74, 6) is 0. The minimum Gasteiger partial charge on any atom is -0.445 e. The van der Waals surface area contributed by atoms with E-state index in [1.54, 1.807) is 0 Å². The third-order valence-corrected chi connectivity index (χ3v) is 3.06. The van der Waals surface area contributed by atoms with Gasteiger partial charge in [-0.05, 0) is 12.0 Å². The first-order chi connectivity index (χ1) is 8.66. The summed E-state index contributed by atoms with van der Waals surface area (Å²) in [5.41, 5.74) is 6.47. The molecule has 5 heteroatoms. The van der Waals surface area contributed by atoms with Crippen molar-refractivity contribution < 1.29 is 13.9 Å². The number of ether oxygens (including phenoxy) is 1. The van der Waals surface area contributed by atoms with Crippen LogP contribution in [0, 0.1) is 0 Å². The minimum absolute atomic E-state index is 0.0226. The topological polar surface area (TPSA) is 55.6 Å². The Morgan fingerprint density at radius 3 is 2.83 bits per heavy atom. The van der Waals surface area contributed by atoms with Gasteiger partial charge in [0.25, 0.3) is 0 Å². The summed E-state index contributed by atoms with van der Waals surface area (Å²) in [4.78, 5) is 13.1. The quantitative estimate of drug-likeness (QED) is 0.871. The molecule has 0 aliphatic carbocycles. The molecule has 1 aliphatic heterocycles. The first-order valence-electron chi connectivity index (χ1n) is 6.02. The van der Waals surface area contributed by atoms with Crippen molar-refractivity contribution in [3.05, 3.63) is 35.9 Å². The molecule has 1 fully saturated rings. The molecule has 1 amide bonds. The number of nitrogens with two attached hydrogens (primary N) is 1. The fourth-order valence-electron chi connectivity index (χ4n) is 1.90. The van der Waals surface area contributed by atoms with Crippen LogP contribution in [0.25, 0.3) is 0 Å². The Morgan fingerprint density at radius 1 is 1.44 bits per heavy atom. The van der Waals surface area contributed by atoms with Crippen molar-refractivity contribution in [2.24, 2.45) is 5.73 Å². The van der Waals surface area contributed by atoms with Gasteiger partial charge in [-0.25, -0.2) is 9.18 Å². The van der Waals surface area contributed by atoms with Crippen LogP contribution in [-0.2, 0) is 11.3 Å². The van der Waals surface area contributed by atoms with Crippen molar-refractivity contribution in [1.29, 1.82) is 0 Å². The Balaban J connectivity index is 1.82. The van der Waals surface area contributed by atoms with Gasteiger partial charge in [-0.3, -0.25) is 0 Å². The van der Waals surface area contributed by atoms with Gasteiger partial charge >= 0.3 is 6.09 Å². The molecule has 2 rings (SSSR count). The highest BCUT2D eigenvalue weighted by molar-refractivity contribution is 5.67. The number of carbonyl (C=O) groups excluding carboxylic acids is 1. The molecule has 1 aromatic carbocycles. The van der Waals surface area contributed by atoms with E-state index in [4.69, 9.17) is 10.5 Å². The number of rotatable bonds is 2. The summed E-state index contributed by atoms with van der Waals surface area (Å²) >= 11 is 0. The molecule has 1 saturated heterocycles. The average molecular weight is 252 g/mol. The van der Waals surface area contributed by atoms with Gasteiger partial charge in [0.15, 0.2) is 0 Å². The van der Waals surface area contributed by atoms with Gasteiger partial charge in [0.1, 0.15) is 12.8 Å². The first-order valence-corrected chi connectivity index (χ1v) is 6.02. The van der Waals surface area contributed by atoms with Crippen molar-refractivity contribution in [1.82, 2.24) is 4.90 Å². The van der Waals surface area contributed by atoms with Crippen LogP contribution in [0.15, 0.2) is 30.3 Å². The lowest BCUT2D eigenvalue weighted by molar-refractivity contribution is 0.0660. The van der Waals surface area contributed by atoms with Crippen LogP contribution in [0.3, 0.4) is 0 Å². The number of benzene rings is 1. The summed E-state index contributed by atoms with van der Waals surface area (Å²) in [7, 11) is 0. The maximum Gasteiger partial charge on any atom is 0.410 e. The smallest absolute Gasteiger partial charge is 0.410 e. The minimum atomic E-state index is -1.16. The van der Waals surface area contributed by atoms with Crippen LogP contribution in [0.5, 0.6) is 0 Å². The normalized spacial score (nSPS) is 23.8. The zero-order chi connectivity index (χ0) is 13.0. The second-order valence-electron chi connectivity index (χ2n) is 4.45. The number of carbonyl (C=O) groups is 1. The molecule has 1 aromatic rings. The lowest BCUT2D eigenvalue weighted by Gasteiger charge is -2.32. The predicted octanol–water partition coefficient (Wildman–Crippen LogP) is 1.69. The summed E-state index contributed by atoms with van der Waals surface area (Å²) < 4.78 is 18.5. The molecule has 18 heavy (non-hydrogen) atoms.